The zero-order chi connectivity index (χ0) is 8.10. The van der Waals surface area contributed by atoms with Crippen LogP contribution in [0.5, 0.6) is 0 Å². The van der Waals surface area contributed by atoms with Crippen molar-refractivity contribution in [2.45, 2.75) is 19.3 Å². The summed E-state index contributed by atoms with van der Waals surface area (Å²) in [7, 11) is 1.62. The SMILES string of the molecule is COCCC(=O)N1CCCC1. The molecule has 0 aromatic carbocycles. The van der Waals surface area contributed by atoms with Crippen molar-refractivity contribution in [1.29, 1.82) is 0 Å². The Kier molecular flexibility index (Phi) is 3.36. The van der Waals surface area contributed by atoms with E-state index in [-0.39, 0.29) is 5.91 Å². The van der Waals surface area contributed by atoms with Gasteiger partial charge in [-0.15, -0.1) is 0 Å². The highest BCUT2D eigenvalue weighted by Gasteiger charge is 2.16. The molecule has 3 heteroatoms. The fraction of sp³-hybridized carbons (Fsp3) is 0.875. The molecule has 0 aromatic heterocycles. The van der Waals surface area contributed by atoms with Crippen molar-refractivity contribution in [3.8, 4) is 0 Å². The number of carbonyl (C=O) groups excluding carboxylic acids is 1. The fourth-order valence-electron chi connectivity index (χ4n) is 1.31. The Morgan fingerprint density at radius 3 is 2.64 bits per heavy atom. The van der Waals surface area contributed by atoms with E-state index in [1.165, 1.54) is 12.8 Å². The molecule has 3 nitrogen and oxygen atoms in total. The number of likely N-dealkylation sites (tertiary alicyclic amines) is 1. The number of rotatable bonds is 3. The monoisotopic (exact) mass is 157 g/mol. The molecule has 1 fully saturated rings. The molecule has 11 heavy (non-hydrogen) atoms. The molecule has 1 rings (SSSR count). The minimum Gasteiger partial charge on any atom is -0.384 e. The molecule has 1 saturated heterocycles. The zero-order valence-electron chi connectivity index (χ0n) is 7.01. The highest BCUT2D eigenvalue weighted by atomic mass is 16.5. The molecule has 0 aliphatic carbocycles. The van der Waals surface area contributed by atoms with E-state index in [4.69, 9.17) is 4.74 Å². The van der Waals surface area contributed by atoms with Crippen LogP contribution in [0.3, 0.4) is 0 Å². The summed E-state index contributed by atoms with van der Waals surface area (Å²) in [5.41, 5.74) is 0. The highest BCUT2D eigenvalue weighted by molar-refractivity contribution is 5.76. The quantitative estimate of drug-likeness (QED) is 0.602. The Hall–Kier alpha value is -0.570. The van der Waals surface area contributed by atoms with Crippen LogP contribution in [0.25, 0.3) is 0 Å². The lowest BCUT2D eigenvalue weighted by molar-refractivity contribution is -0.131. The lowest BCUT2D eigenvalue weighted by atomic mass is 10.4. The second-order valence-corrected chi connectivity index (χ2v) is 2.83. The van der Waals surface area contributed by atoms with Gasteiger partial charge in [-0.05, 0) is 12.8 Å². The minimum absolute atomic E-state index is 0.240. The van der Waals surface area contributed by atoms with E-state index in [9.17, 15) is 4.79 Å². The summed E-state index contributed by atoms with van der Waals surface area (Å²) in [6.07, 6.45) is 2.87. The maximum absolute atomic E-state index is 11.3. The molecular formula is C8H15NO2. The van der Waals surface area contributed by atoms with E-state index in [1.807, 2.05) is 4.90 Å². The summed E-state index contributed by atoms with van der Waals surface area (Å²) in [6.45, 7) is 2.44. The third kappa shape index (κ3) is 2.50. The van der Waals surface area contributed by atoms with Gasteiger partial charge in [0, 0.05) is 20.2 Å². The van der Waals surface area contributed by atoms with E-state index in [0.29, 0.717) is 13.0 Å². The van der Waals surface area contributed by atoms with E-state index < -0.39 is 0 Å². The van der Waals surface area contributed by atoms with Crippen LogP contribution in [-0.4, -0.2) is 37.6 Å². The first-order chi connectivity index (χ1) is 5.34. The molecule has 64 valence electrons. The van der Waals surface area contributed by atoms with Crippen molar-refractivity contribution in [1.82, 2.24) is 4.90 Å². The van der Waals surface area contributed by atoms with Gasteiger partial charge in [-0.1, -0.05) is 0 Å². The average Bonchev–Trinajstić information content (AvgIpc) is 2.52. The van der Waals surface area contributed by atoms with Gasteiger partial charge >= 0.3 is 0 Å². The second kappa shape index (κ2) is 4.34. The highest BCUT2D eigenvalue weighted by Crippen LogP contribution is 2.08. The first kappa shape index (κ1) is 8.53. The molecule has 0 bridgehead atoms. The maximum atomic E-state index is 11.3. The van der Waals surface area contributed by atoms with Crippen LogP contribution in [0, 0.1) is 0 Å². The summed E-state index contributed by atoms with van der Waals surface area (Å²) in [5.74, 6) is 0.240. The van der Waals surface area contributed by atoms with Crippen molar-refractivity contribution >= 4 is 5.91 Å². The smallest absolute Gasteiger partial charge is 0.224 e. The summed E-state index contributed by atoms with van der Waals surface area (Å²) in [5, 5.41) is 0. The Balaban J connectivity index is 2.17. The average molecular weight is 157 g/mol. The van der Waals surface area contributed by atoms with Crippen molar-refractivity contribution in [2.24, 2.45) is 0 Å². The van der Waals surface area contributed by atoms with E-state index >= 15 is 0 Å². The van der Waals surface area contributed by atoms with Crippen LogP contribution < -0.4 is 0 Å². The normalized spacial score (nSPS) is 17.4. The zero-order valence-corrected chi connectivity index (χ0v) is 7.01. The van der Waals surface area contributed by atoms with Gasteiger partial charge in [-0.3, -0.25) is 4.79 Å². The molecule has 1 aliphatic heterocycles. The van der Waals surface area contributed by atoms with Crippen LogP contribution in [-0.2, 0) is 9.53 Å². The van der Waals surface area contributed by atoms with Gasteiger partial charge in [0.15, 0.2) is 0 Å². The molecule has 1 heterocycles. The van der Waals surface area contributed by atoms with Gasteiger partial charge in [-0.25, -0.2) is 0 Å². The van der Waals surface area contributed by atoms with Gasteiger partial charge in [0.25, 0.3) is 0 Å². The molecule has 0 N–H and O–H groups in total. The topological polar surface area (TPSA) is 29.5 Å². The lowest BCUT2D eigenvalue weighted by Crippen LogP contribution is -2.28. The number of ether oxygens (including phenoxy) is 1. The van der Waals surface area contributed by atoms with Crippen LogP contribution in [0.1, 0.15) is 19.3 Å². The predicted molar refractivity (Wildman–Crippen MR) is 42.3 cm³/mol. The van der Waals surface area contributed by atoms with Gasteiger partial charge in [0.05, 0.1) is 13.0 Å². The van der Waals surface area contributed by atoms with Gasteiger partial charge < -0.3 is 9.64 Å². The number of carbonyl (C=O) groups is 1. The molecule has 0 atom stereocenters. The van der Waals surface area contributed by atoms with E-state index in [2.05, 4.69) is 0 Å². The molecule has 0 unspecified atom stereocenters. The van der Waals surface area contributed by atoms with E-state index in [1.54, 1.807) is 7.11 Å². The van der Waals surface area contributed by atoms with E-state index in [0.717, 1.165) is 13.1 Å². The number of amides is 1. The minimum atomic E-state index is 0.240. The predicted octanol–water partition coefficient (Wildman–Crippen LogP) is 0.645. The largest absolute Gasteiger partial charge is 0.384 e. The Labute approximate surface area is 67.3 Å². The summed E-state index contributed by atoms with van der Waals surface area (Å²) >= 11 is 0. The Morgan fingerprint density at radius 1 is 1.45 bits per heavy atom. The maximum Gasteiger partial charge on any atom is 0.224 e. The molecular weight excluding hydrogens is 142 g/mol. The first-order valence-corrected chi connectivity index (χ1v) is 4.11. The standard InChI is InChI=1S/C8H15NO2/c1-11-7-4-8(10)9-5-2-3-6-9/h2-7H2,1H3. The first-order valence-electron chi connectivity index (χ1n) is 4.11. The molecule has 1 aliphatic rings. The summed E-state index contributed by atoms with van der Waals surface area (Å²) in [6, 6.07) is 0. The molecule has 0 spiro atoms. The third-order valence-corrected chi connectivity index (χ3v) is 1.98. The Bertz CT molecular complexity index is 130. The molecule has 0 saturated carbocycles. The Morgan fingerprint density at radius 2 is 2.09 bits per heavy atom. The summed E-state index contributed by atoms with van der Waals surface area (Å²) < 4.78 is 4.82. The van der Waals surface area contributed by atoms with Crippen molar-refractivity contribution in [2.75, 3.05) is 26.8 Å². The van der Waals surface area contributed by atoms with Gasteiger partial charge in [0.2, 0.25) is 5.91 Å². The van der Waals surface area contributed by atoms with Crippen molar-refractivity contribution in [3.05, 3.63) is 0 Å². The number of nitrogens with zero attached hydrogens (tertiary/aromatic N) is 1. The number of hydrogen-bond donors (Lipinski definition) is 0. The number of hydrogen-bond acceptors (Lipinski definition) is 2. The third-order valence-electron chi connectivity index (χ3n) is 1.98. The van der Waals surface area contributed by atoms with Crippen molar-refractivity contribution < 1.29 is 9.53 Å². The molecule has 1 amide bonds. The van der Waals surface area contributed by atoms with Crippen LogP contribution in [0.2, 0.25) is 0 Å². The summed E-state index contributed by atoms with van der Waals surface area (Å²) in [4.78, 5) is 13.2. The molecule has 0 aromatic rings. The lowest BCUT2D eigenvalue weighted by Gasteiger charge is -2.14. The van der Waals surface area contributed by atoms with Crippen LogP contribution in [0.4, 0.5) is 0 Å². The second-order valence-electron chi connectivity index (χ2n) is 2.83. The van der Waals surface area contributed by atoms with Gasteiger partial charge in [0.1, 0.15) is 0 Å². The number of methoxy groups -OCH3 is 1. The molecule has 0 radical (unpaired) electrons. The van der Waals surface area contributed by atoms with Gasteiger partial charge in [-0.2, -0.15) is 0 Å². The van der Waals surface area contributed by atoms with Crippen LogP contribution in [0.15, 0.2) is 0 Å². The fourth-order valence-corrected chi connectivity index (χ4v) is 1.31. The van der Waals surface area contributed by atoms with Crippen LogP contribution >= 0.6 is 0 Å². The van der Waals surface area contributed by atoms with Crippen molar-refractivity contribution in [3.63, 3.8) is 0 Å².